The number of amides is 1. The van der Waals surface area contributed by atoms with Gasteiger partial charge >= 0.3 is 0 Å². The van der Waals surface area contributed by atoms with Crippen molar-refractivity contribution >= 4 is 36.9 Å². The molecule has 0 saturated carbocycles. The molecule has 136 valence electrons. The number of aryl methyl sites for hydroxylation is 1. The Bertz CT molecular complexity index is 866. The molecule has 0 aliphatic carbocycles. The Morgan fingerprint density at radius 2 is 1.77 bits per heavy atom. The van der Waals surface area contributed by atoms with Crippen LogP contribution in [0.25, 0.3) is 6.08 Å². The maximum atomic E-state index is 12.6. The summed E-state index contributed by atoms with van der Waals surface area (Å²) < 4.78 is 0. The van der Waals surface area contributed by atoms with Crippen molar-refractivity contribution in [1.82, 2.24) is 0 Å². The summed E-state index contributed by atoms with van der Waals surface area (Å²) in [6, 6.07) is 13.6. The zero-order chi connectivity index (χ0) is 18.2. The highest BCUT2D eigenvalue weighted by atomic mass is 32.1. The second-order valence-corrected chi connectivity index (χ2v) is 7.35. The van der Waals surface area contributed by atoms with Crippen LogP contribution in [0.5, 0.6) is 0 Å². The highest BCUT2D eigenvalue weighted by molar-refractivity contribution is 7.59. The first-order chi connectivity index (χ1) is 11.8. The molecule has 0 spiro atoms. The molecule has 3 nitrogen and oxygen atoms in total. The van der Waals surface area contributed by atoms with Gasteiger partial charge in [0, 0.05) is 30.1 Å². The molecule has 26 heavy (non-hydrogen) atoms. The molecule has 0 bridgehead atoms. The SMILES string of the molecule is Cc1ccc(/C=C/C(=O)c2ccc3c(c2)C(C)(C)CC(=O)N3C)cc1.S. The van der Waals surface area contributed by atoms with Crippen molar-refractivity contribution in [3.05, 3.63) is 70.8 Å². The quantitative estimate of drug-likeness (QED) is 0.585. The molecule has 2 aromatic carbocycles. The van der Waals surface area contributed by atoms with E-state index in [-0.39, 0.29) is 30.6 Å². The van der Waals surface area contributed by atoms with Crippen LogP contribution in [0.4, 0.5) is 5.69 Å². The van der Waals surface area contributed by atoms with Crippen molar-refractivity contribution < 1.29 is 9.59 Å². The molecule has 0 N–H and O–H groups in total. The van der Waals surface area contributed by atoms with Crippen LogP contribution < -0.4 is 4.90 Å². The number of hydrogen-bond acceptors (Lipinski definition) is 2. The van der Waals surface area contributed by atoms with E-state index >= 15 is 0 Å². The minimum Gasteiger partial charge on any atom is -0.315 e. The number of carbonyl (C=O) groups is 2. The lowest BCUT2D eigenvalue weighted by molar-refractivity contribution is -0.119. The Balaban J connectivity index is 0.00000243. The van der Waals surface area contributed by atoms with Gasteiger partial charge in [-0.05, 0) is 42.3 Å². The summed E-state index contributed by atoms with van der Waals surface area (Å²) in [6.07, 6.45) is 3.90. The number of allylic oxidation sites excluding steroid dienone is 1. The Morgan fingerprint density at radius 1 is 1.12 bits per heavy atom. The molecule has 1 heterocycles. The molecule has 0 radical (unpaired) electrons. The molecule has 0 atom stereocenters. The molecule has 1 aliphatic heterocycles. The van der Waals surface area contributed by atoms with Gasteiger partial charge in [-0.3, -0.25) is 9.59 Å². The second kappa shape index (κ2) is 7.50. The molecule has 0 fully saturated rings. The van der Waals surface area contributed by atoms with Crippen molar-refractivity contribution in [3.63, 3.8) is 0 Å². The molecule has 1 aliphatic rings. The first-order valence-corrected chi connectivity index (χ1v) is 8.48. The van der Waals surface area contributed by atoms with Gasteiger partial charge < -0.3 is 4.90 Å². The smallest absolute Gasteiger partial charge is 0.227 e. The molecular formula is C22H25NO2S. The molecule has 1 amide bonds. The van der Waals surface area contributed by atoms with Crippen LogP contribution in [0.1, 0.15) is 47.3 Å². The van der Waals surface area contributed by atoms with E-state index in [0.29, 0.717) is 12.0 Å². The monoisotopic (exact) mass is 367 g/mol. The largest absolute Gasteiger partial charge is 0.315 e. The predicted molar refractivity (Wildman–Crippen MR) is 112 cm³/mol. The molecule has 0 saturated heterocycles. The lowest BCUT2D eigenvalue weighted by atomic mass is 9.76. The van der Waals surface area contributed by atoms with Gasteiger partial charge in [0.15, 0.2) is 5.78 Å². The van der Waals surface area contributed by atoms with E-state index in [2.05, 4.69) is 0 Å². The summed E-state index contributed by atoms with van der Waals surface area (Å²) in [5.74, 6) is 0.0783. The fraction of sp³-hybridized carbons (Fsp3) is 0.273. The van der Waals surface area contributed by atoms with E-state index in [1.165, 1.54) is 5.56 Å². The maximum Gasteiger partial charge on any atom is 0.227 e. The number of nitrogens with zero attached hydrogens (tertiary/aromatic N) is 1. The first-order valence-electron chi connectivity index (χ1n) is 8.48. The molecule has 0 unspecified atom stereocenters. The third kappa shape index (κ3) is 3.91. The number of carbonyl (C=O) groups excluding carboxylic acids is 2. The second-order valence-electron chi connectivity index (χ2n) is 7.35. The minimum atomic E-state index is -0.268. The van der Waals surface area contributed by atoms with Crippen LogP contribution in [0.15, 0.2) is 48.5 Å². The molecule has 0 aromatic heterocycles. The predicted octanol–water partition coefficient (Wildman–Crippen LogP) is 4.65. The lowest BCUT2D eigenvalue weighted by Gasteiger charge is -2.37. The van der Waals surface area contributed by atoms with Crippen molar-refractivity contribution in [1.29, 1.82) is 0 Å². The topological polar surface area (TPSA) is 37.4 Å². The summed E-state index contributed by atoms with van der Waals surface area (Å²) in [6.45, 7) is 6.13. The van der Waals surface area contributed by atoms with E-state index < -0.39 is 0 Å². The van der Waals surface area contributed by atoms with Crippen LogP contribution in [0.2, 0.25) is 0 Å². The Hall–Kier alpha value is -2.33. The number of anilines is 1. The highest BCUT2D eigenvalue weighted by Gasteiger charge is 2.35. The minimum absolute atomic E-state index is 0. The van der Waals surface area contributed by atoms with Crippen molar-refractivity contribution in [2.24, 2.45) is 0 Å². The number of fused-ring (bicyclic) bond motifs is 1. The normalized spacial score (nSPS) is 15.5. The van der Waals surface area contributed by atoms with E-state index in [9.17, 15) is 9.59 Å². The summed E-state index contributed by atoms with van der Waals surface area (Å²) >= 11 is 0. The van der Waals surface area contributed by atoms with Crippen LogP contribution >= 0.6 is 13.5 Å². The summed E-state index contributed by atoms with van der Waals surface area (Å²) in [7, 11) is 1.79. The van der Waals surface area contributed by atoms with Gasteiger partial charge in [-0.15, -0.1) is 0 Å². The maximum absolute atomic E-state index is 12.6. The van der Waals surface area contributed by atoms with Crippen molar-refractivity contribution in [2.75, 3.05) is 11.9 Å². The van der Waals surface area contributed by atoms with Gasteiger partial charge in [-0.1, -0.05) is 49.8 Å². The first kappa shape index (κ1) is 20.0. The summed E-state index contributed by atoms with van der Waals surface area (Å²) in [5, 5.41) is 0. The lowest BCUT2D eigenvalue weighted by Crippen LogP contribution is -2.39. The van der Waals surface area contributed by atoms with E-state index in [4.69, 9.17) is 0 Å². The van der Waals surface area contributed by atoms with Gasteiger partial charge in [-0.2, -0.15) is 13.5 Å². The van der Waals surface area contributed by atoms with Gasteiger partial charge in [0.1, 0.15) is 0 Å². The third-order valence-corrected chi connectivity index (χ3v) is 4.84. The average Bonchev–Trinajstić information content (AvgIpc) is 2.58. The molecular weight excluding hydrogens is 342 g/mol. The number of hydrogen-bond donors (Lipinski definition) is 0. The zero-order valence-electron chi connectivity index (χ0n) is 15.7. The van der Waals surface area contributed by atoms with Gasteiger partial charge in [0.05, 0.1) is 0 Å². The zero-order valence-corrected chi connectivity index (χ0v) is 16.7. The number of ketones is 1. The van der Waals surface area contributed by atoms with Gasteiger partial charge in [-0.25, -0.2) is 0 Å². The van der Waals surface area contributed by atoms with Crippen LogP contribution in [0, 0.1) is 6.92 Å². The Labute approximate surface area is 162 Å². The third-order valence-electron chi connectivity index (χ3n) is 4.84. The van der Waals surface area contributed by atoms with Crippen LogP contribution in [0.3, 0.4) is 0 Å². The highest BCUT2D eigenvalue weighted by Crippen LogP contribution is 2.40. The van der Waals surface area contributed by atoms with E-state index in [1.54, 1.807) is 24.1 Å². The van der Waals surface area contributed by atoms with E-state index in [0.717, 1.165) is 16.8 Å². The van der Waals surface area contributed by atoms with Gasteiger partial charge in [0.25, 0.3) is 0 Å². The summed E-state index contributed by atoms with van der Waals surface area (Å²) in [5.41, 5.74) is 4.51. The fourth-order valence-electron chi connectivity index (χ4n) is 3.20. The Kier molecular flexibility index (Phi) is 5.77. The Morgan fingerprint density at radius 3 is 2.42 bits per heavy atom. The van der Waals surface area contributed by atoms with E-state index in [1.807, 2.05) is 63.2 Å². The number of rotatable bonds is 3. The average molecular weight is 368 g/mol. The fourth-order valence-corrected chi connectivity index (χ4v) is 3.20. The van der Waals surface area contributed by atoms with Gasteiger partial charge in [0.2, 0.25) is 5.91 Å². The van der Waals surface area contributed by atoms with Crippen molar-refractivity contribution in [2.45, 2.75) is 32.6 Å². The van der Waals surface area contributed by atoms with Crippen LogP contribution in [-0.4, -0.2) is 18.7 Å². The summed E-state index contributed by atoms with van der Waals surface area (Å²) in [4.78, 5) is 26.4. The molecule has 4 heteroatoms. The number of benzene rings is 2. The molecule has 3 rings (SSSR count). The molecule has 2 aromatic rings. The standard InChI is InChI=1S/C22H23NO2.H2S/c1-15-5-7-16(8-6-15)9-12-20(24)17-10-11-19-18(13-17)22(2,3)14-21(25)23(19)4;/h5-13H,14H2,1-4H3;1H2/b12-9+;. The van der Waals surface area contributed by atoms with Crippen molar-refractivity contribution in [3.8, 4) is 0 Å². The van der Waals surface area contributed by atoms with Crippen LogP contribution in [-0.2, 0) is 10.2 Å².